The molecule has 0 aliphatic carbocycles. The van der Waals surface area contributed by atoms with Crippen molar-refractivity contribution in [3.8, 4) is 0 Å². The van der Waals surface area contributed by atoms with Crippen molar-refractivity contribution in [1.82, 2.24) is 10.2 Å². The standard InChI is InChI=1S/C11H24N2S/c1-5-11-7-13(9(2)6-12-11)10(3)8-14-4/h9-12H,5-8H2,1-4H3. The van der Waals surface area contributed by atoms with Gasteiger partial charge in [0.25, 0.3) is 0 Å². The summed E-state index contributed by atoms with van der Waals surface area (Å²) in [6, 6.07) is 2.12. The van der Waals surface area contributed by atoms with E-state index in [4.69, 9.17) is 0 Å². The highest BCUT2D eigenvalue weighted by Crippen LogP contribution is 2.15. The Morgan fingerprint density at radius 1 is 1.57 bits per heavy atom. The zero-order valence-electron chi connectivity index (χ0n) is 9.92. The third-order valence-corrected chi connectivity index (χ3v) is 3.98. The number of hydrogen-bond acceptors (Lipinski definition) is 3. The van der Waals surface area contributed by atoms with Gasteiger partial charge in [-0.15, -0.1) is 0 Å². The molecular formula is C11H24N2S. The summed E-state index contributed by atoms with van der Waals surface area (Å²) < 4.78 is 0. The van der Waals surface area contributed by atoms with Gasteiger partial charge in [0, 0.05) is 37.0 Å². The molecular weight excluding hydrogens is 192 g/mol. The third kappa shape index (κ3) is 3.14. The highest BCUT2D eigenvalue weighted by molar-refractivity contribution is 7.98. The molecule has 1 aliphatic heterocycles. The molecule has 84 valence electrons. The Morgan fingerprint density at radius 2 is 2.29 bits per heavy atom. The number of piperazine rings is 1. The number of hydrogen-bond donors (Lipinski definition) is 1. The van der Waals surface area contributed by atoms with Gasteiger partial charge in [0.1, 0.15) is 0 Å². The lowest BCUT2D eigenvalue weighted by Gasteiger charge is -2.42. The second kappa shape index (κ2) is 5.99. The van der Waals surface area contributed by atoms with Gasteiger partial charge in [-0.05, 0) is 26.5 Å². The van der Waals surface area contributed by atoms with E-state index in [1.807, 2.05) is 11.8 Å². The first kappa shape index (κ1) is 12.3. The van der Waals surface area contributed by atoms with Crippen LogP contribution in [0.5, 0.6) is 0 Å². The zero-order valence-corrected chi connectivity index (χ0v) is 10.7. The van der Waals surface area contributed by atoms with E-state index < -0.39 is 0 Å². The second-order valence-electron chi connectivity index (χ2n) is 4.36. The Bertz CT molecular complexity index is 163. The van der Waals surface area contributed by atoms with Crippen LogP contribution < -0.4 is 5.32 Å². The fourth-order valence-corrected chi connectivity index (χ4v) is 2.85. The van der Waals surface area contributed by atoms with Crippen LogP contribution >= 0.6 is 11.8 Å². The Kier molecular flexibility index (Phi) is 5.28. The Morgan fingerprint density at radius 3 is 2.86 bits per heavy atom. The zero-order chi connectivity index (χ0) is 10.6. The average Bonchev–Trinajstić information content (AvgIpc) is 2.19. The van der Waals surface area contributed by atoms with Crippen LogP contribution in [0.3, 0.4) is 0 Å². The average molecular weight is 216 g/mol. The minimum absolute atomic E-state index is 0.694. The first-order valence-electron chi connectivity index (χ1n) is 5.67. The van der Waals surface area contributed by atoms with E-state index in [0.717, 1.165) is 12.6 Å². The molecule has 2 nitrogen and oxygen atoms in total. The van der Waals surface area contributed by atoms with Crippen LogP contribution in [0.25, 0.3) is 0 Å². The molecule has 1 aliphatic rings. The quantitative estimate of drug-likeness (QED) is 0.771. The van der Waals surface area contributed by atoms with E-state index in [1.54, 1.807) is 0 Å². The maximum absolute atomic E-state index is 3.60. The Labute approximate surface area is 92.8 Å². The van der Waals surface area contributed by atoms with Gasteiger partial charge < -0.3 is 5.32 Å². The molecule has 3 heteroatoms. The van der Waals surface area contributed by atoms with Gasteiger partial charge >= 0.3 is 0 Å². The van der Waals surface area contributed by atoms with Crippen LogP contribution in [-0.2, 0) is 0 Å². The van der Waals surface area contributed by atoms with E-state index >= 15 is 0 Å². The predicted molar refractivity (Wildman–Crippen MR) is 66.1 cm³/mol. The van der Waals surface area contributed by atoms with Crippen LogP contribution in [-0.4, -0.2) is 48.1 Å². The predicted octanol–water partition coefficient (Wildman–Crippen LogP) is 1.81. The van der Waals surface area contributed by atoms with Gasteiger partial charge in [0.15, 0.2) is 0 Å². The summed E-state index contributed by atoms with van der Waals surface area (Å²) >= 11 is 1.95. The molecule has 0 aromatic rings. The molecule has 0 spiro atoms. The molecule has 1 N–H and O–H groups in total. The molecule has 1 rings (SSSR count). The molecule has 3 atom stereocenters. The molecule has 3 unspecified atom stereocenters. The largest absolute Gasteiger partial charge is 0.311 e. The fourth-order valence-electron chi connectivity index (χ4n) is 2.18. The van der Waals surface area contributed by atoms with Gasteiger partial charge in [-0.25, -0.2) is 0 Å². The van der Waals surface area contributed by atoms with Crippen LogP contribution in [0.4, 0.5) is 0 Å². The molecule has 0 saturated carbocycles. The van der Waals surface area contributed by atoms with Crippen molar-refractivity contribution in [2.24, 2.45) is 0 Å². The number of thioether (sulfide) groups is 1. The van der Waals surface area contributed by atoms with Crippen molar-refractivity contribution in [3.63, 3.8) is 0 Å². The van der Waals surface area contributed by atoms with E-state index in [-0.39, 0.29) is 0 Å². The van der Waals surface area contributed by atoms with Crippen LogP contribution in [0.1, 0.15) is 27.2 Å². The smallest absolute Gasteiger partial charge is 0.0196 e. The Balaban J connectivity index is 2.46. The van der Waals surface area contributed by atoms with E-state index in [1.165, 1.54) is 18.7 Å². The van der Waals surface area contributed by atoms with E-state index in [9.17, 15) is 0 Å². The maximum atomic E-state index is 3.60. The molecule has 0 radical (unpaired) electrons. The monoisotopic (exact) mass is 216 g/mol. The maximum Gasteiger partial charge on any atom is 0.0196 e. The lowest BCUT2D eigenvalue weighted by molar-refractivity contribution is 0.108. The van der Waals surface area contributed by atoms with E-state index in [2.05, 4.69) is 37.2 Å². The fraction of sp³-hybridized carbons (Fsp3) is 1.00. The lowest BCUT2D eigenvalue weighted by Crippen LogP contribution is -2.58. The summed E-state index contributed by atoms with van der Waals surface area (Å²) in [4.78, 5) is 2.65. The van der Waals surface area contributed by atoms with Crippen molar-refractivity contribution in [2.75, 3.05) is 25.1 Å². The number of nitrogens with zero attached hydrogens (tertiary/aromatic N) is 1. The molecule has 1 fully saturated rings. The minimum Gasteiger partial charge on any atom is -0.311 e. The summed E-state index contributed by atoms with van der Waals surface area (Å²) in [6.07, 6.45) is 3.44. The SMILES string of the molecule is CCC1CN(C(C)CSC)C(C)CN1. The topological polar surface area (TPSA) is 15.3 Å². The van der Waals surface area contributed by atoms with Crippen molar-refractivity contribution < 1.29 is 0 Å². The van der Waals surface area contributed by atoms with Gasteiger partial charge in [0.2, 0.25) is 0 Å². The summed E-state index contributed by atoms with van der Waals surface area (Å²) in [6.45, 7) is 9.32. The van der Waals surface area contributed by atoms with Crippen LogP contribution in [0.15, 0.2) is 0 Å². The van der Waals surface area contributed by atoms with Crippen LogP contribution in [0.2, 0.25) is 0 Å². The van der Waals surface area contributed by atoms with Crippen molar-refractivity contribution in [3.05, 3.63) is 0 Å². The van der Waals surface area contributed by atoms with Crippen LogP contribution in [0, 0.1) is 0 Å². The summed E-state index contributed by atoms with van der Waals surface area (Å²) in [7, 11) is 0. The van der Waals surface area contributed by atoms with Gasteiger partial charge in [-0.3, -0.25) is 4.90 Å². The van der Waals surface area contributed by atoms with Gasteiger partial charge in [-0.2, -0.15) is 11.8 Å². The normalized spacial score (nSPS) is 31.7. The highest BCUT2D eigenvalue weighted by Gasteiger charge is 2.26. The van der Waals surface area contributed by atoms with Gasteiger partial charge in [-0.1, -0.05) is 6.92 Å². The molecule has 0 amide bonds. The van der Waals surface area contributed by atoms with Crippen molar-refractivity contribution in [2.45, 2.75) is 45.3 Å². The third-order valence-electron chi connectivity index (χ3n) is 3.17. The molecule has 14 heavy (non-hydrogen) atoms. The first-order valence-corrected chi connectivity index (χ1v) is 7.06. The van der Waals surface area contributed by atoms with Crippen molar-refractivity contribution in [1.29, 1.82) is 0 Å². The number of nitrogens with one attached hydrogen (secondary N) is 1. The Hall–Kier alpha value is 0.270. The van der Waals surface area contributed by atoms with Gasteiger partial charge in [0.05, 0.1) is 0 Å². The number of rotatable bonds is 4. The molecule has 0 aromatic carbocycles. The summed E-state index contributed by atoms with van der Waals surface area (Å²) in [5.41, 5.74) is 0. The molecule has 0 bridgehead atoms. The van der Waals surface area contributed by atoms with E-state index in [0.29, 0.717) is 12.1 Å². The molecule has 1 heterocycles. The molecule has 0 aromatic heterocycles. The highest BCUT2D eigenvalue weighted by atomic mass is 32.2. The summed E-state index contributed by atoms with van der Waals surface area (Å²) in [5, 5.41) is 3.60. The van der Waals surface area contributed by atoms with Crippen molar-refractivity contribution >= 4 is 11.8 Å². The molecule has 1 saturated heterocycles. The first-order chi connectivity index (χ1) is 6.69. The summed E-state index contributed by atoms with van der Waals surface area (Å²) in [5.74, 6) is 1.25. The minimum atomic E-state index is 0.694. The second-order valence-corrected chi connectivity index (χ2v) is 5.27. The lowest BCUT2D eigenvalue weighted by atomic mass is 10.1.